The maximum Gasteiger partial charge on any atom is 0.407 e. The third-order valence-corrected chi connectivity index (χ3v) is 11.4. The molecule has 1 unspecified atom stereocenters. The summed E-state index contributed by atoms with van der Waals surface area (Å²) in [4.78, 5) is 71.7. The zero-order valence-corrected chi connectivity index (χ0v) is 33.0. The van der Waals surface area contributed by atoms with Crippen molar-refractivity contribution in [2.45, 2.75) is 90.4 Å². The first-order valence-corrected chi connectivity index (χ1v) is 19.6. The molecule has 296 valence electrons. The number of likely N-dealkylation sites (tertiary alicyclic amines) is 2. The first kappa shape index (κ1) is 38.6. The molecule has 2 saturated heterocycles. The second kappa shape index (κ2) is 16.2. The average molecular weight is 765 g/mol. The van der Waals surface area contributed by atoms with Gasteiger partial charge in [0.2, 0.25) is 11.8 Å². The first-order chi connectivity index (χ1) is 27.0. The number of nitrogens with one attached hydrogen (secondary N) is 4. The zero-order chi connectivity index (χ0) is 39.7. The number of aromatic amines is 2. The van der Waals surface area contributed by atoms with Crippen LogP contribution in [0.3, 0.4) is 0 Å². The van der Waals surface area contributed by atoms with E-state index in [9.17, 15) is 19.2 Å². The van der Waals surface area contributed by atoms with Crippen LogP contribution in [0.1, 0.15) is 88.4 Å². The van der Waals surface area contributed by atoms with Gasteiger partial charge in [0.25, 0.3) is 0 Å². The zero-order valence-electron chi connectivity index (χ0n) is 33.0. The Kier molecular flexibility index (Phi) is 11.2. The number of aryl methyl sites for hydroxylation is 2. The summed E-state index contributed by atoms with van der Waals surface area (Å²) in [5.74, 6) is 1.06. The number of carbonyl (C=O) groups is 4. The lowest BCUT2D eigenvalue weighted by Crippen LogP contribution is -2.51. The van der Waals surface area contributed by atoms with E-state index in [0.717, 1.165) is 89.5 Å². The van der Waals surface area contributed by atoms with E-state index in [-0.39, 0.29) is 35.7 Å². The number of fused-ring (bicyclic) bond motifs is 3. The normalized spacial score (nSPS) is 18.7. The van der Waals surface area contributed by atoms with Gasteiger partial charge in [-0.15, -0.1) is 0 Å². The highest BCUT2D eigenvalue weighted by molar-refractivity contribution is 5.87. The van der Waals surface area contributed by atoms with Gasteiger partial charge in [-0.2, -0.15) is 0 Å². The number of methoxy groups -OCH3 is 2. The van der Waals surface area contributed by atoms with Crippen LogP contribution in [-0.2, 0) is 31.9 Å². The Hall–Kier alpha value is -5.66. The van der Waals surface area contributed by atoms with Gasteiger partial charge < -0.3 is 39.9 Å². The molecule has 0 bridgehead atoms. The molecule has 3 aliphatic rings. The molecule has 0 saturated carbocycles. The summed E-state index contributed by atoms with van der Waals surface area (Å²) in [5, 5.41) is 5.42. The maximum atomic E-state index is 13.7. The van der Waals surface area contributed by atoms with Crippen LogP contribution in [0.2, 0.25) is 0 Å². The molecule has 56 heavy (non-hydrogen) atoms. The van der Waals surface area contributed by atoms with Crippen molar-refractivity contribution in [3.63, 3.8) is 0 Å². The van der Waals surface area contributed by atoms with E-state index in [1.807, 2.05) is 43.7 Å². The van der Waals surface area contributed by atoms with E-state index in [4.69, 9.17) is 19.4 Å². The second-order valence-electron chi connectivity index (χ2n) is 15.7. The minimum Gasteiger partial charge on any atom is -0.453 e. The predicted octanol–water partition coefficient (Wildman–Crippen LogP) is 6.32. The molecule has 4 aromatic rings. The van der Waals surface area contributed by atoms with E-state index >= 15 is 0 Å². The minimum atomic E-state index is -0.686. The molecular formula is C42H52N8O6. The van der Waals surface area contributed by atoms with Crippen LogP contribution in [0.5, 0.6) is 0 Å². The fraction of sp³-hybridized carbons (Fsp3) is 0.476. The number of amides is 4. The van der Waals surface area contributed by atoms with Crippen LogP contribution in [0.4, 0.5) is 9.59 Å². The summed E-state index contributed by atoms with van der Waals surface area (Å²) in [6.07, 6.45) is 5.57. The van der Waals surface area contributed by atoms with Crippen LogP contribution in [0, 0.1) is 11.8 Å². The molecule has 4 atom stereocenters. The lowest BCUT2D eigenvalue weighted by Gasteiger charge is -2.30. The Morgan fingerprint density at radius 1 is 0.732 bits per heavy atom. The van der Waals surface area contributed by atoms with Gasteiger partial charge in [0.15, 0.2) is 0 Å². The van der Waals surface area contributed by atoms with Gasteiger partial charge in [0, 0.05) is 24.3 Å². The van der Waals surface area contributed by atoms with Gasteiger partial charge in [-0.05, 0) is 72.6 Å². The van der Waals surface area contributed by atoms with Crippen molar-refractivity contribution in [1.29, 1.82) is 0 Å². The molecule has 2 aliphatic heterocycles. The number of hydrogen-bond donors (Lipinski definition) is 4. The Morgan fingerprint density at radius 2 is 1.29 bits per heavy atom. The topological polar surface area (TPSA) is 175 Å². The molecule has 0 radical (unpaired) electrons. The van der Waals surface area contributed by atoms with E-state index in [1.165, 1.54) is 19.8 Å². The predicted molar refractivity (Wildman–Crippen MR) is 210 cm³/mol. The highest BCUT2D eigenvalue weighted by atomic mass is 16.5. The van der Waals surface area contributed by atoms with Crippen molar-refractivity contribution < 1.29 is 28.7 Å². The molecule has 2 fully saturated rings. The summed E-state index contributed by atoms with van der Waals surface area (Å²) < 4.78 is 9.55. The number of rotatable bonds is 10. The summed E-state index contributed by atoms with van der Waals surface area (Å²) >= 11 is 0. The van der Waals surface area contributed by atoms with Crippen LogP contribution < -0.4 is 10.6 Å². The number of ether oxygens (including phenoxy) is 2. The number of alkyl carbamates (subject to hydrolysis) is 2. The number of carbonyl (C=O) groups excluding carboxylic acids is 4. The molecule has 14 nitrogen and oxygen atoms in total. The van der Waals surface area contributed by atoms with E-state index < -0.39 is 24.3 Å². The molecule has 14 heteroatoms. The minimum absolute atomic E-state index is 0.0993. The van der Waals surface area contributed by atoms with Gasteiger partial charge in [-0.1, -0.05) is 70.2 Å². The van der Waals surface area contributed by atoms with Crippen LogP contribution in [0.25, 0.3) is 33.6 Å². The third kappa shape index (κ3) is 7.61. The van der Waals surface area contributed by atoms with Crippen molar-refractivity contribution in [3.05, 3.63) is 71.6 Å². The fourth-order valence-electron chi connectivity index (χ4n) is 8.34. The summed E-state index contributed by atoms with van der Waals surface area (Å²) in [6.45, 7) is 8.84. The largest absolute Gasteiger partial charge is 0.453 e. The molecule has 0 spiro atoms. The molecule has 4 N–H and O–H groups in total. The number of benzene rings is 2. The average Bonchev–Trinajstić information content (AvgIpc) is 4.04. The maximum absolute atomic E-state index is 13.7. The van der Waals surface area contributed by atoms with Gasteiger partial charge in [0.05, 0.1) is 43.9 Å². The van der Waals surface area contributed by atoms with Crippen molar-refractivity contribution in [2.75, 3.05) is 27.3 Å². The summed E-state index contributed by atoms with van der Waals surface area (Å²) in [7, 11) is 2.59. The van der Waals surface area contributed by atoms with E-state index in [0.29, 0.717) is 13.1 Å². The SMILES string of the molecule is COC(=O)NC(C(=O)N1CCC[C@H]1c1nc2c([nH]1)CCc1cc(-c3ccc(-c4cnc([C@@H]5CCCN5C(=O)[C@@H](NC(=O)OC)C(C)C)[nH]4)cc3)ccc1-2)C(C)C. The third-order valence-electron chi connectivity index (χ3n) is 11.4. The molecular weight excluding hydrogens is 713 g/mol. The number of hydrogen-bond acceptors (Lipinski definition) is 8. The van der Waals surface area contributed by atoms with Crippen LogP contribution >= 0.6 is 0 Å². The Bertz CT molecular complexity index is 2090. The quantitative estimate of drug-likeness (QED) is 0.145. The number of nitrogens with zero attached hydrogens (tertiary/aromatic N) is 4. The highest BCUT2D eigenvalue weighted by Crippen LogP contribution is 2.39. The Balaban J connectivity index is 1.05. The van der Waals surface area contributed by atoms with Gasteiger partial charge in [0.1, 0.15) is 23.7 Å². The van der Waals surface area contributed by atoms with E-state index in [2.05, 4.69) is 63.1 Å². The Labute approximate surface area is 327 Å². The van der Waals surface area contributed by atoms with Crippen molar-refractivity contribution in [2.24, 2.45) is 11.8 Å². The van der Waals surface area contributed by atoms with Crippen molar-refractivity contribution in [3.8, 4) is 33.6 Å². The second-order valence-corrected chi connectivity index (χ2v) is 15.7. The number of H-pyrrole nitrogens is 2. The first-order valence-electron chi connectivity index (χ1n) is 19.6. The van der Waals surface area contributed by atoms with Crippen molar-refractivity contribution >= 4 is 24.0 Å². The fourth-order valence-corrected chi connectivity index (χ4v) is 8.34. The Morgan fingerprint density at radius 3 is 1.86 bits per heavy atom. The number of imidazole rings is 2. The lowest BCUT2D eigenvalue weighted by atomic mass is 9.89. The van der Waals surface area contributed by atoms with Crippen molar-refractivity contribution in [1.82, 2.24) is 40.4 Å². The standard InChI is InChI=1S/C42H52N8O6/c1-23(2)34(47-41(53)55-5)39(51)49-19-7-9-32(49)37-43-22-31(45-37)26-13-11-25(12-14-26)27-15-17-29-28(21-27)16-18-30-36(29)46-38(44-30)33-10-8-20-50(33)40(52)35(24(3)4)48-42(54)56-6/h11-15,17,21-24,32-35H,7-10,16,18-20H2,1-6H3,(H,43,45)(H,44,46)(H,47,53)(H,48,54)/t32-,33-,34-,35?/m0/s1. The lowest BCUT2D eigenvalue weighted by molar-refractivity contribution is -0.136. The smallest absolute Gasteiger partial charge is 0.407 e. The summed E-state index contributed by atoms with van der Waals surface area (Å²) in [6, 6.07) is 13.2. The monoisotopic (exact) mass is 764 g/mol. The van der Waals surface area contributed by atoms with E-state index in [1.54, 1.807) is 0 Å². The van der Waals surface area contributed by atoms with Crippen LogP contribution in [0.15, 0.2) is 48.7 Å². The molecule has 2 aromatic heterocycles. The molecule has 1 aliphatic carbocycles. The molecule has 4 heterocycles. The number of aromatic nitrogens is 4. The van der Waals surface area contributed by atoms with Gasteiger partial charge in [-0.25, -0.2) is 19.6 Å². The van der Waals surface area contributed by atoms with Gasteiger partial charge >= 0.3 is 12.2 Å². The highest BCUT2D eigenvalue weighted by Gasteiger charge is 2.39. The molecule has 7 rings (SSSR count). The molecule has 4 amide bonds. The molecule has 2 aromatic carbocycles. The van der Waals surface area contributed by atoms with Gasteiger partial charge in [-0.3, -0.25) is 9.59 Å². The summed E-state index contributed by atoms with van der Waals surface area (Å²) in [5.41, 5.74) is 8.42. The van der Waals surface area contributed by atoms with Crippen LogP contribution in [-0.4, -0.2) is 93.1 Å².